The molecule has 6 heteroatoms. The third kappa shape index (κ3) is 2.65. The van der Waals surface area contributed by atoms with E-state index >= 15 is 0 Å². The lowest BCUT2D eigenvalue weighted by Crippen LogP contribution is -2.59. The van der Waals surface area contributed by atoms with Gasteiger partial charge in [0.2, 0.25) is 0 Å². The van der Waals surface area contributed by atoms with Gasteiger partial charge in [-0.25, -0.2) is 4.39 Å². The lowest BCUT2D eigenvalue weighted by atomic mass is 9.64. The van der Waals surface area contributed by atoms with Crippen molar-refractivity contribution in [3.8, 4) is 0 Å². The molecule has 3 aliphatic rings. The maximum atomic E-state index is 14.0. The highest BCUT2D eigenvalue weighted by atomic mass is 35.5. The van der Waals surface area contributed by atoms with Crippen molar-refractivity contribution >= 4 is 17.4 Å². The van der Waals surface area contributed by atoms with Crippen LogP contribution in [0.2, 0.25) is 0 Å². The van der Waals surface area contributed by atoms with Crippen LogP contribution in [0.1, 0.15) is 45.4 Å². The standard InChI is InChI=1S/C16H26ClFN2O2/c1-2-22-14-6-4-10(18)8-12(14)16(21)11-7-9(17)3-5-13(11)20-15(16)19/h9-14,21H,2-8H2,1H3,(H2,19,20)/t9?,10?,11?,12?,13?,14?,16-/m1/s1. The van der Waals surface area contributed by atoms with Gasteiger partial charge in [0.15, 0.2) is 0 Å². The minimum Gasteiger partial charge on any atom is -0.385 e. The van der Waals surface area contributed by atoms with Gasteiger partial charge < -0.3 is 15.6 Å². The molecule has 0 aromatic carbocycles. The topological polar surface area (TPSA) is 67.8 Å². The van der Waals surface area contributed by atoms with E-state index in [1.54, 1.807) is 0 Å². The predicted octanol–water partition coefficient (Wildman–Crippen LogP) is 2.41. The molecule has 2 fully saturated rings. The van der Waals surface area contributed by atoms with E-state index in [2.05, 4.69) is 4.99 Å². The summed E-state index contributed by atoms with van der Waals surface area (Å²) in [6.45, 7) is 2.48. The number of halogens is 2. The first-order valence-electron chi connectivity index (χ1n) is 8.42. The average molecular weight is 333 g/mol. The fraction of sp³-hybridized carbons (Fsp3) is 0.938. The Balaban J connectivity index is 1.90. The van der Waals surface area contributed by atoms with Gasteiger partial charge in [-0.1, -0.05) is 0 Å². The first-order valence-corrected chi connectivity index (χ1v) is 8.86. The van der Waals surface area contributed by atoms with E-state index in [1.807, 2.05) is 6.92 Å². The van der Waals surface area contributed by atoms with Crippen molar-refractivity contribution in [3.05, 3.63) is 0 Å². The molecule has 2 aliphatic carbocycles. The molecule has 0 aromatic rings. The van der Waals surface area contributed by atoms with E-state index in [1.165, 1.54) is 0 Å². The van der Waals surface area contributed by atoms with Crippen LogP contribution in [0.15, 0.2) is 4.99 Å². The SMILES string of the molecule is CCOC1CCC(F)CC1[C@@]1(O)C(N)=NC2CCC(Cl)CC21. The Morgan fingerprint density at radius 3 is 2.82 bits per heavy atom. The Labute approximate surface area is 136 Å². The van der Waals surface area contributed by atoms with Gasteiger partial charge in [0.25, 0.3) is 0 Å². The number of hydrogen-bond acceptors (Lipinski definition) is 4. The minimum atomic E-state index is -1.27. The quantitative estimate of drug-likeness (QED) is 0.780. The molecule has 6 unspecified atom stereocenters. The molecule has 126 valence electrons. The number of alkyl halides is 2. The molecule has 0 spiro atoms. The molecule has 0 aromatic heterocycles. The predicted molar refractivity (Wildman–Crippen MR) is 85.0 cm³/mol. The van der Waals surface area contributed by atoms with Gasteiger partial charge in [0, 0.05) is 23.8 Å². The maximum Gasteiger partial charge on any atom is 0.131 e. The van der Waals surface area contributed by atoms with Crippen molar-refractivity contribution in [2.75, 3.05) is 6.61 Å². The molecule has 3 rings (SSSR count). The highest BCUT2D eigenvalue weighted by Crippen LogP contribution is 2.49. The highest BCUT2D eigenvalue weighted by molar-refractivity contribution is 6.20. The van der Waals surface area contributed by atoms with Crippen LogP contribution in [0.5, 0.6) is 0 Å². The zero-order valence-electron chi connectivity index (χ0n) is 13.0. The van der Waals surface area contributed by atoms with Crippen LogP contribution in [0.4, 0.5) is 4.39 Å². The number of hydrogen-bond donors (Lipinski definition) is 2. The van der Waals surface area contributed by atoms with Crippen LogP contribution >= 0.6 is 11.6 Å². The Bertz CT molecular complexity index is 450. The molecule has 0 radical (unpaired) electrons. The lowest BCUT2D eigenvalue weighted by molar-refractivity contribution is -0.114. The molecule has 1 heterocycles. The summed E-state index contributed by atoms with van der Waals surface area (Å²) in [5.41, 5.74) is 4.86. The Morgan fingerprint density at radius 1 is 1.32 bits per heavy atom. The molecule has 22 heavy (non-hydrogen) atoms. The number of amidine groups is 1. The van der Waals surface area contributed by atoms with E-state index in [0.29, 0.717) is 25.9 Å². The van der Waals surface area contributed by atoms with Crippen LogP contribution in [0, 0.1) is 11.8 Å². The molecule has 0 amide bonds. The lowest BCUT2D eigenvalue weighted by Gasteiger charge is -2.46. The van der Waals surface area contributed by atoms with Crippen molar-refractivity contribution in [2.24, 2.45) is 22.6 Å². The number of aliphatic hydroxyl groups is 1. The maximum absolute atomic E-state index is 14.0. The van der Waals surface area contributed by atoms with E-state index < -0.39 is 11.8 Å². The van der Waals surface area contributed by atoms with E-state index in [-0.39, 0.29) is 41.6 Å². The smallest absolute Gasteiger partial charge is 0.131 e. The number of ether oxygens (including phenoxy) is 1. The number of rotatable bonds is 3. The summed E-state index contributed by atoms with van der Waals surface area (Å²) in [6.07, 6.45) is 2.73. The van der Waals surface area contributed by atoms with E-state index in [0.717, 1.165) is 12.8 Å². The molecular weight excluding hydrogens is 307 g/mol. The van der Waals surface area contributed by atoms with Gasteiger partial charge in [-0.15, -0.1) is 11.6 Å². The Morgan fingerprint density at radius 2 is 2.09 bits per heavy atom. The third-order valence-electron chi connectivity index (χ3n) is 5.70. The van der Waals surface area contributed by atoms with Crippen LogP contribution in [-0.4, -0.2) is 46.8 Å². The minimum absolute atomic E-state index is 0.0160. The summed E-state index contributed by atoms with van der Waals surface area (Å²) in [5, 5.41) is 11.5. The monoisotopic (exact) mass is 332 g/mol. The van der Waals surface area contributed by atoms with Crippen LogP contribution in [0.3, 0.4) is 0 Å². The third-order valence-corrected chi connectivity index (χ3v) is 6.10. The van der Waals surface area contributed by atoms with Gasteiger partial charge >= 0.3 is 0 Å². The number of nitrogens with two attached hydrogens (primary N) is 1. The first-order chi connectivity index (χ1) is 10.5. The number of aliphatic imine (C=N–C) groups is 1. The average Bonchev–Trinajstić information content (AvgIpc) is 2.74. The zero-order valence-corrected chi connectivity index (χ0v) is 13.8. The summed E-state index contributed by atoms with van der Waals surface area (Å²) < 4.78 is 19.8. The largest absolute Gasteiger partial charge is 0.385 e. The molecule has 7 atom stereocenters. The summed E-state index contributed by atoms with van der Waals surface area (Å²) in [6, 6.07) is 0.0160. The van der Waals surface area contributed by atoms with Crippen LogP contribution in [0.25, 0.3) is 0 Å². The number of fused-ring (bicyclic) bond motifs is 1. The second-order valence-corrected chi connectivity index (χ2v) is 7.55. The molecule has 4 nitrogen and oxygen atoms in total. The summed E-state index contributed by atoms with van der Waals surface area (Å²) in [7, 11) is 0. The second kappa shape index (κ2) is 6.25. The van der Waals surface area contributed by atoms with E-state index in [9.17, 15) is 9.50 Å². The molecule has 0 saturated heterocycles. The zero-order chi connectivity index (χ0) is 15.9. The molecular formula is C16H26ClFN2O2. The van der Waals surface area contributed by atoms with Gasteiger partial charge in [0.05, 0.1) is 12.1 Å². The Hall–Kier alpha value is -0.390. The van der Waals surface area contributed by atoms with Crippen molar-refractivity contribution in [1.29, 1.82) is 0 Å². The fourth-order valence-corrected chi connectivity index (χ4v) is 4.95. The van der Waals surface area contributed by atoms with Crippen molar-refractivity contribution in [2.45, 2.75) is 74.7 Å². The molecule has 3 N–H and O–H groups in total. The summed E-state index contributed by atoms with van der Waals surface area (Å²) >= 11 is 6.32. The second-order valence-electron chi connectivity index (χ2n) is 6.93. The summed E-state index contributed by atoms with van der Waals surface area (Å²) in [4.78, 5) is 4.50. The molecule has 0 bridgehead atoms. The van der Waals surface area contributed by atoms with Gasteiger partial charge in [-0.2, -0.15) is 0 Å². The summed E-state index contributed by atoms with van der Waals surface area (Å²) in [5.74, 6) is -0.184. The normalized spacial score (nSPS) is 48.8. The van der Waals surface area contributed by atoms with Gasteiger partial charge in [0.1, 0.15) is 17.6 Å². The van der Waals surface area contributed by atoms with Crippen LogP contribution in [-0.2, 0) is 4.74 Å². The van der Waals surface area contributed by atoms with Crippen LogP contribution < -0.4 is 5.73 Å². The number of nitrogens with zero attached hydrogens (tertiary/aromatic N) is 1. The van der Waals surface area contributed by atoms with E-state index in [4.69, 9.17) is 22.1 Å². The van der Waals surface area contributed by atoms with Crippen molar-refractivity contribution in [1.82, 2.24) is 0 Å². The van der Waals surface area contributed by atoms with Crippen molar-refractivity contribution in [3.63, 3.8) is 0 Å². The van der Waals surface area contributed by atoms with Crippen molar-refractivity contribution < 1.29 is 14.2 Å². The first kappa shape index (κ1) is 16.5. The molecule has 1 aliphatic heterocycles. The van der Waals surface area contributed by atoms with Gasteiger partial charge in [-0.05, 0) is 45.4 Å². The Kier molecular flexibility index (Phi) is 4.68. The van der Waals surface area contributed by atoms with Gasteiger partial charge in [-0.3, -0.25) is 4.99 Å². The fourth-order valence-electron chi connectivity index (χ4n) is 4.64. The highest BCUT2D eigenvalue weighted by Gasteiger charge is 2.58. The molecule has 2 saturated carbocycles.